The van der Waals surface area contributed by atoms with Gasteiger partial charge in [-0.05, 0) is 56.0 Å². The van der Waals surface area contributed by atoms with Crippen molar-refractivity contribution in [2.24, 2.45) is 0 Å². The Labute approximate surface area is 133 Å². The van der Waals surface area contributed by atoms with Crippen molar-refractivity contribution in [2.45, 2.75) is 40.5 Å². The van der Waals surface area contributed by atoms with Gasteiger partial charge in [0.15, 0.2) is 0 Å². The van der Waals surface area contributed by atoms with Crippen molar-refractivity contribution in [3.8, 4) is 0 Å². The molecule has 1 aromatic heterocycles. The molecule has 4 heteroatoms. The van der Waals surface area contributed by atoms with Crippen molar-refractivity contribution >= 4 is 17.5 Å². The minimum absolute atomic E-state index is 0.653. The molecule has 0 radical (unpaired) electrons. The fraction of sp³-hybridized carbons (Fsp3) is 0.444. The fourth-order valence-corrected chi connectivity index (χ4v) is 2.64. The van der Waals surface area contributed by atoms with E-state index in [4.69, 9.17) is 0 Å². The average molecular weight is 298 g/mol. The van der Waals surface area contributed by atoms with Gasteiger partial charge in [0, 0.05) is 25.0 Å². The molecule has 1 heterocycles. The van der Waals surface area contributed by atoms with E-state index >= 15 is 0 Å². The molecule has 118 valence electrons. The summed E-state index contributed by atoms with van der Waals surface area (Å²) in [5, 5.41) is 3.32. The normalized spacial score (nSPS) is 10.5. The lowest BCUT2D eigenvalue weighted by Crippen LogP contribution is -2.26. The molecule has 1 aromatic carbocycles. The summed E-state index contributed by atoms with van der Waals surface area (Å²) >= 11 is 0. The van der Waals surface area contributed by atoms with Gasteiger partial charge in [0.25, 0.3) is 0 Å². The number of rotatable bonds is 7. The van der Waals surface area contributed by atoms with Crippen LogP contribution in [0, 0.1) is 13.8 Å². The molecule has 0 atom stereocenters. The van der Waals surface area contributed by atoms with E-state index in [-0.39, 0.29) is 0 Å². The zero-order chi connectivity index (χ0) is 15.9. The molecular weight excluding hydrogens is 272 g/mol. The molecule has 22 heavy (non-hydrogen) atoms. The number of hydrogen-bond donors (Lipinski definition) is 1. The Balaban J connectivity index is 2.20. The summed E-state index contributed by atoms with van der Waals surface area (Å²) in [4.78, 5) is 11.3. The van der Waals surface area contributed by atoms with Gasteiger partial charge in [-0.2, -0.15) is 4.98 Å². The zero-order valence-corrected chi connectivity index (χ0v) is 14.1. The van der Waals surface area contributed by atoms with Crippen LogP contribution in [-0.4, -0.2) is 23.1 Å². The summed E-state index contributed by atoms with van der Waals surface area (Å²) in [6.45, 7) is 10.6. The molecule has 0 spiro atoms. The summed E-state index contributed by atoms with van der Waals surface area (Å²) in [5.41, 5.74) is 3.50. The maximum absolute atomic E-state index is 4.67. The SMILES string of the molecule is CCCN(CCC)c1ccnc(Nc2cc(C)cc(C)c2)n1. The van der Waals surface area contributed by atoms with E-state index in [9.17, 15) is 0 Å². The van der Waals surface area contributed by atoms with E-state index in [1.165, 1.54) is 11.1 Å². The second-order valence-electron chi connectivity index (χ2n) is 5.73. The Hall–Kier alpha value is -2.10. The second kappa shape index (κ2) is 7.78. The number of anilines is 3. The first kappa shape index (κ1) is 16.3. The molecule has 0 unspecified atom stereocenters. The predicted molar refractivity (Wildman–Crippen MR) is 94.0 cm³/mol. The number of nitrogens with one attached hydrogen (secondary N) is 1. The van der Waals surface area contributed by atoms with Crippen LogP contribution in [0.4, 0.5) is 17.5 Å². The third kappa shape index (κ3) is 4.45. The zero-order valence-electron chi connectivity index (χ0n) is 14.1. The maximum Gasteiger partial charge on any atom is 0.229 e. The number of nitrogens with zero attached hydrogens (tertiary/aromatic N) is 3. The van der Waals surface area contributed by atoms with Crippen molar-refractivity contribution < 1.29 is 0 Å². The van der Waals surface area contributed by atoms with E-state index in [2.05, 4.69) is 66.1 Å². The number of aromatic nitrogens is 2. The summed E-state index contributed by atoms with van der Waals surface area (Å²) in [5.74, 6) is 1.64. The number of aryl methyl sites for hydroxylation is 2. The first-order valence-corrected chi connectivity index (χ1v) is 8.05. The van der Waals surface area contributed by atoms with Crippen LogP contribution in [-0.2, 0) is 0 Å². The molecule has 0 fully saturated rings. The highest BCUT2D eigenvalue weighted by Gasteiger charge is 2.08. The molecule has 4 nitrogen and oxygen atoms in total. The molecule has 2 rings (SSSR count). The highest BCUT2D eigenvalue weighted by atomic mass is 15.2. The van der Waals surface area contributed by atoms with Gasteiger partial charge < -0.3 is 10.2 Å². The van der Waals surface area contributed by atoms with E-state index in [0.29, 0.717) is 5.95 Å². The molecule has 0 bridgehead atoms. The van der Waals surface area contributed by atoms with Crippen molar-refractivity contribution in [1.82, 2.24) is 9.97 Å². The number of benzene rings is 1. The molecule has 0 aliphatic heterocycles. The lowest BCUT2D eigenvalue weighted by Gasteiger charge is -2.22. The van der Waals surface area contributed by atoms with E-state index in [1.807, 2.05) is 12.3 Å². The van der Waals surface area contributed by atoms with Gasteiger partial charge in [0.1, 0.15) is 5.82 Å². The standard InChI is InChI=1S/C18H26N4/c1-5-9-22(10-6-2)17-7-8-19-18(21-17)20-16-12-14(3)11-15(4)13-16/h7-8,11-13H,5-6,9-10H2,1-4H3,(H,19,20,21). The van der Waals surface area contributed by atoms with Crippen LogP contribution in [0.2, 0.25) is 0 Å². The molecular formula is C18H26N4. The summed E-state index contributed by atoms with van der Waals surface area (Å²) in [7, 11) is 0. The van der Waals surface area contributed by atoms with Crippen molar-refractivity contribution in [3.05, 3.63) is 41.6 Å². The van der Waals surface area contributed by atoms with Crippen LogP contribution in [0.1, 0.15) is 37.8 Å². The highest BCUT2D eigenvalue weighted by molar-refractivity contribution is 5.57. The quantitative estimate of drug-likeness (QED) is 0.819. The van der Waals surface area contributed by atoms with Crippen molar-refractivity contribution in [2.75, 3.05) is 23.3 Å². The first-order valence-electron chi connectivity index (χ1n) is 8.05. The Kier molecular flexibility index (Phi) is 5.75. The highest BCUT2D eigenvalue weighted by Crippen LogP contribution is 2.19. The smallest absolute Gasteiger partial charge is 0.229 e. The van der Waals surface area contributed by atoms with Crippen LogP contribution in [0.5, 0.6) is 0 Å². The van der Waals surface area contributed by atoms with Crippen LogP contribution in [0.15, 0.2) is 30.5 Å². The summed E-state index contributed by atoms with van der Waals surface area (Å²) < 4.78 is 0. The van der Waals surface area contributed by atoms with E-state index in [0.717, 1.165) is 37.4 Å². The van der Waals surface area contributed by atoms with Crippen LogP contribution < -0.4 is 10.2 Å². The molecule has 0 aliphatic carbocycles. The van der Waals surface area contributed by atoms with E-state index < -0.39 is 0 Å². The molecule has 0 saturated carbocycles. The third-order valence-electron chi connectivity index (χ3n) is 3.43. The van der Waals surface area contributed by atoms with E-state index in [1.54, 1.807) is 0 Å². The van der Waals surface area contributed by atoms with Crippen molar-refractivity contribution in [3.63, 3.8) is 0 Å². The fourth-order valence-electron chi connectivity index (χ4n) is 2.64. The Morgan fingerprint density at radius 1 is 1.00 bits per heavy atom. The maximum atomic E-state index is 4.67. The first-order chi connectivity index (χ1) is 10.6. The molecule has 1 N–H and O–H groups in total. The average Bonchev–Trinajstić information content (AvgIpc) is 2.46. The molecule has 0 saturated heterocycles. The second-order valence-corrected chi connectivity index (χ2v) is 5.73. The summed E-state index contributed by atoms with van der Waals surface area (Å²) in [6.07, 6.45) is 4.05. The Morgan fingerprint density at radius 3 is 2.23 bits per heavy atom. The van der Waals surface area contributed by atoms with Gasteiger partial charge in [-0.15, -0.1) is 0 Å². The van der Waals surface area contributed by atoms with Gasteiger partial charge >= 0.3 is 0 Å². The van der Waals surface area contributed by atoms with Crippen LogP contribution >= 0.6 is 0 Å². The lowest BCUT2D eigenvalue weighted by atomic mass is 10.1. The minimum atomic E-state index is 0.653. The Bertz CT molecular complexity index is 584. The topological polar surface area (TPSA) is 41.1 Å². The predicted octanol–water partition coefficient (Wildman–Crippen LogP) is 4.46. The van der Waals surface area contributed by atoms with Gasteiger partial charge in [-0.3, -0.25) is 0 Å². The molecule has 2 aromatic rings. The van der Waals surface area contributed by atoms with Gasteiger partial charge in [0.05, 0.1) is 0 Å². The molecule has 0 amide bonds. The monoisotopic (exact) mass is 298 g/mol. The van der Waals surface area contributed by atoms with Gasteiger partial charge in [-0.1, -0.05) is 19.9 Å². The summed E-state index contributed by atoms with van der Waals surface area (Å²) in [6, 6.07) is 8.36. The Morgan fingerprint density at radius 2 is 1.64 bits per heavy atom. The molecule has 0 aliphatic rings. The van der Waals surface area contributed by atoms with Crippen molar-refractivity contribution in [1.29, 1.82) is 0 Å². The van der Waals surface area contributed by atoms with Gasteiger partial charge in [-0.25, -0.2) is 4.98 Å². The minimum Gasteiger partial charge on any atom is -0.356 e. The van der Waals surface area contributed by atoms with Crippen LogP contribution in [0.3, 0.4) is 0 Å². The largest absolute Gasteiger partial charge is 0.356 e. The van der Waals surface area contributed by atoms with Crippen LogP contribution in [0.25, 0.3) is 0 Å². The lowest BCUT2D eigenvalue weighted by molar-refractivity contribution is 0.733. The third-order valence-corrected chi connectivity index (χ3v) is 3.43. The number of hydrogen-bond acceptors (Lipinski definition) is 4. The van der Waals surface area contributed by atoms with Gasteiger partial charge in [0.2, 0.25) is 5.95 Å².